The first-order valence-corrected chi connectivity index (χ1v) is 8.55. The molecule has 2 aromatic carbocycles. The van der Waals surface area contributed by atoms with Gasteiger partial charge in [-0.05, 0) is 35.9 Å². The molecule has 9 heteroatoms. The molecule has 1 atom stereocenters. The average Bonchev–Trinajstić information content (AvgIpc) is 3.18. The number of likely N-dealkylation sites (N-methyl/N-ethyl adjacent to an activating group) is 1. The van der Waals surface area contributed by atoms with Crippen LogP contribution in [-0.4, -0.2) is 29.1 Å². The number of nitrogens with zero attached hydrogens (tertiary/aromatic N) is 1. The largest absolute Gasteiger partial charge is 0.357 e. The molecule has 0 aliphatic carbocycles. The number of nitrogens with one attached hydrogen (secondary N) is 3. The van der Waals surface area contributed by atoms with Gasteiger partial charge in [0, 0.05) is 17.6 Å². The lowest BCUT2D eigenvalue weighted by Crippen LogP contribution is -2.39. The quantitative estimate of drug-likeness (QED) is 0.610. The number of halogens is 3. The molecule has 3 N–H and O–H groups in total. The van der Waals surface area contributed by atoms with E-state index >= 15 is 0 Å². The van der Waals surface area contributed by atoms with E-state index in [0.29, 0.717) is 10.7 Å². The van der Waals surface area contributed by atoms with Gasteiger partial charge in [-0.1, -0.05) is 29.8 Å². The van der Waals surface area contributed by atoms with E-state index in [-0.39, 0.29) is 11.3 Å². The maximum absolute atomic E-state index is 13.5. The second kappa shape index (κ2) is 8.18. The molecule has 2 amide bonds. The molecular weight excluding hydrogens is 390 g/mol. The van der Waals surface area contributed by atoms with Crippen LogP contribution in [0.3, 0.4) is 0 Å². The third-order valence-electron chi connectivity index (χ3n) is 4.02. The summed E-state index contributed by atoms with van der Waals surface area (Å²) < 4.78 is 26.7. The normalized spacial score (nSPS) is 11.7. The first-order chi connectivity index (χ1) is 13.4. The van der Waals surface area contributed by atoms with Crippen molar-refractivity contribution in [3.8, 4) is 11.3 Å². The molecule has 0 aliphatic rings. The van der Waals surface area contributed by atoms with Crippen molar-refractivity contribution >= 4 is 23.4 Å². The van der Waals surface area contributed by atoms with Crippen LogP contribution in [-0.2, 0) is 4.79 Å². The van der Waals surface area contributed by atoms with Crippen molar-refractivity contribution in [3.05, 3.63) is 76.4 Å². The Morgan fingerprint density at radius 3 is 2.43 bits per heavy atom. The van der Waals surface area contributed by atoms with Crippen LogP contribution in [0.1, 0.15) is 22.1 Å². The molecule has 3 aromatic rings. The summed E-state index contributed by atoms with van der Waals surface area (Å²) >= 11 is 5.85. The lowest BCUT2D eigenvalue weighted by molar-refractivity contribution is -0.122. The highest BCUT2D eigenvalue weighted by atomic mass is 35.5. The minimum atomic E-state index is -1.21. The summed E-state index contributed by atoms with van der Waals surface area (Å²) in [4.78, 5) is 24.7. The number of carbonyl (C=O) groups is 2. The van der Waals surface area contributed by atoms with Crippen molar-refractivity contribution in [2.75, 3.05) is 7.05 Å². The van der Waals surface area contributed by atoms with Crippen LogP contribution in [0.5, 0.6) is 0 Å². The smallest absolute Gasteiger partial charge is 0.270 e. The van der Waals surface area contributed by atoms with Gasteiger partial charge in [0.15, 0.2) is 11.6 Å². The summed E-state index contributed by atoms with van der Waals surface area (Å²) in [6.45, 7) is 0. The topological polar surface area (TPSA) is 86.9 Å². The van der Waals surface area contributed by atoms with E-state index in [1.165, 1.54) is 19.2 Å². The first-order valence-electron chi connectivity index (χ1n) is 8.18. The SMILES string of the molecule is CNC(=O)C(NC(=O)c1cc(-c2ccc(Cl)cc2)n[nH]1)c1ccc(F)c(F)c1. The van der Waals surface area contributed by atoms with Crippen LogP contribution in [0.2, 0.25) is 5.02 Å². The van der Waals surface area contributed by atoms with Gasteiger partial charge < -0.3 is 10.6 Å². The Hall–Kier alpha value is -3.26. The van der Waals surface area contributed by atoms with Gasteiger partial charge in [0.05, 0.1) is 5.69 Å². The molecule has 1 heterocycles. The lowest BCUT2D eigenvalue weighted by atomic mass is 10.1. The molecule has 144 valence electrons. The summed E-state index contributed by atoms with van der Waals surface area (Å²) in [5.74, 6) is -3.39. The highest BCUT2D eigenvalue weighted by Crippen LogP contribution is 2.21. The standard InChI is InChI=1S/C19H15ClF2N4O2/c1-23-19(28)17(11-4-7-13(21)14(22)8-11)24-18(27)16-9-15(25-26-16)10-2-5-12(20)6-3-10/h2-9,17H,1H3,(H,23,28)(H,24,27)(H,25,26). The first kappa shape index (κ1) is 19.5. The van der Waals surface area contributed by atoms with Gasteiger partial charge in [-0.3, -0.25) is 14.7 Å². The Bertz CT molecular complexity index is 1020. The van der Waals surface area contributed by atoms with Gasteiger partial charge in [-0.2, -0.15) is 5.10 Å². The molecule has 0 saturated carbocycles. The van der Waals surface area contributed by atoms with Gasteiger partial charge in [-0.15, -0.1) is 0 Å². The molecule has 0 bridgehead atoms. The fourth-order valence-electron chi connectivity index (χ4n) is 2.55. The van der Waals surface area contributed by atoms with Crippen molar-refractivity contribution in [1.82, 2.24) is 20.8 Å². The predicted molar refractivity (Wildman–Crippen MR) is 99.7 cm³/mol. The summed E-state index contributed by atoms with van der Waals surface area (Å²) in [6, 6.07) is 10.1. The third-order valence-corrected chi connectivity index (χ3v) is 4.28. The zero-order valence-corrected chi connectivity index (χ0v) is 15.3. The monoisotopic (exact) mass is 404 g/mol. The summed E-state index contributed by atoms with van der Waals surface area (Å²) in [7, 11) is 1.37. The number of aromatic nitrogens is 2. The van der Waals surface area contributed by atoms with Crippen molar-refractivity contribution < 1.29 is 18.4 Å². The van der Waals surface area contributed by atoms with Crippen LogP contribution in [0.4, 0.5) is 8.78 Å². The Labute approximate surface area is 163 Å². The number of amides is 2. The highest BCUT2D eigenvalue weighted by Gasteiger charge is 2.24. The summed E-state index contributed by atoms with van der Waals surface area (Å²) in [5.41, 5.74) is 1.44. The fourth-order valence-corrected chi connectivity index (χ4v) is 2.68. The number of H-pyrrole nitrogens is 1. The highest BCUT2D eigenvalue weighted by molar-refractivity contribution is 6.30. The molecule has 0 spiro atoms. The minimum absolute atomic E-state index is 0.0986. The number of aromatic amines is 1. The van der Waals surface area contributed by atoms with Gasteiger partial charge in [0.1, 0.15) is 11.7 Å². The third kappa shape index (κ3) is 4.17. The molecule has 3 rings (SSSR count). The van der Waals surface area contributed by atoms with Gasteiger partial charge in [0.25, 0.3) is 5.91 Å². The van der Waals surface area contributed by atoms with E-state index in [9.17, 15) is 18.4 Å². The number of hydrogen-bond acceptors (Lipinski definition) is 3. The van der Waals surface area contributed by atoms with E-state index < -0.39 is 29.5 Å². The maximum Gasteiger partial charge on any atom is 0.270 e. The number of rotatable bonds is 5. The molecule has 0 saturated heterocycles. The van der Waals surface area contributed by atoms with Gasteiger partial charge >= 0.3 is 0 Å². The lowest BCUT2D eigenvalue weighted by Gasteiger charge is -2.17. The average molecular weight is 405 g/mol. The molecule has 6 nitrogen and oxygen atoms in total. The van der Waals surface area contributed by atoms with Crippen LogP contribution < -0.4 is 10.6 Å². The zero-order valence-electron chi connectivity index (χ0n) is 14.6. The second-order valence-electron chi connectivity index (χ2n) is 5.87. The Kier molecular flexibility index (Phi) is 5.70. The fraction of sp³-hybridized carbons (Fsp3) is 0.105. The van der Waals surface area contributed by atoms with E-state index in [0.717, 1.165) is 17.7 Å². The number of hydrogen-bond donors (Lipinski definition) is 3. The number of carbonyl (C=O) groups excluding carboxylic acids is 2. The Balaban J connectivity index is 1.83. The molecule has 0 aliphatic heterocycles. The summed E-state index contributed by atoms with van der Waals surface area (Å²) in [5, 5.41) is 12.1. The zero-order chi connectivity index (χ0) is 20.3. The van der Waals surface area contributed by atoms with Crippen molar-refractivity contribution in [1.29, 1.82) is 0 Å². The predicted octanol–water partition coefficient (Wildman–Crippen LogP) is 3.23. The van der Waals surface area contributed by atoms with Crippen molar-refractivity contribution in [3.63, 3.8) is 0 Å². The Morgan fingerprint density at radius 1 is 1.07 bits per heavy atom. The van der Waals surface area contributed by atoms with Crippen LogP contribution in [0.25, 0.3) is 11.3 Å². The molecule has 0 fully saturated rings. The second-order valence-corrected chi connectivity index (χ2v) is 6.30. The number of benzene rings is 2. The molecular formula is C19H15ClF2N4O2. The Morgan fingerprint density at radius 2 is 1.79 bits per heavy atom. The summed E-state index contributed by atoms with van der Waals surface area (Å²) in [6.07, 6.45) is 0. The van der Waals surface area contributed by atoms with Crippen LogP contribution >= 0.6 is 11.6 Å². The van der Waals surface area contributed by atoms with Gasteiger partial charge in [0.2, 0.25) is 5.91 Å². The molecule has 1 unspecified atom stereocenters. The van der Waals surface area contributed by atoms with Crippen LogP contribution in [0, 0.1) is 11.6 Å². The molecule has 28 heavy (non-hydrogen) atoms. The van der Waals surface area contributed by atoms with Gasteiger partial charge in [-0.25, -0.2) is 8.78 Å². The minimum Gasteiger partial charge on any atom is -0.357 e. The van der Waals surface area contributed by atoms with E-state index in [2.05, 4.69) is 20.8 Å². The van der Waals surface area contributed by atoms with E-state index in [1.807, 2.05) is 0 Å². The van der Waals surface area contributed by atoms with E-state index in [1.54, 1.807) is 24.3 Å². The maximum atomic E-state index is 13.5. The van der Waals surface area contributed by atoms with Crippen molar-refractivity contribution in [2.24, 2.45) is 0 Å². The van der Waals surface area contributed by atoms with E-state index in [4.69, 9.17) is 11.6 Å². The van der Waals surface area contributed by atoms with Crippen molar-refractivity contribution in [2.45, 2.75) is 6.04 Å². The van der Waals surface area contributed by atoms with Crippen LogP contribution in [0.15, 0.2) is 48.5 Å². The molecule has 1 aromatic heterocycles. The molecule has 0 radical (unpaired) electrons.